The average Bonchev–Trinajstić information content (AvgIpc) is 2.69. The van der Waals surface area contributed by atoms with Crippen molar-refractivity contribution in [3.8, 4) is 5.75 Å². The zero-order valence-corrected chi connectivity index (χ0v) is 16.3. The molecule has 0 amide bonds. The normalized spacial score (nSPS) is 14.0. The van der Waals surface area contributed by atoms with Gasteiger partial charge in [0.2, 0.25) is 0 Å². The molecular formula is C22H22N2O5. The lowest BCUT2D eigenvalue weighted by Crippen LogP contribution is -2.31. The maximum absolute atomic E-state index is 13.4. The molecule has 2 aromatic heterocycles. The number of pyridine rings is 2. The highest BCUT2D eigenvalue weighted by molar-refractivity contribution is 5.84. The van der Waals surface area contributed by atoms with E-state index in [1.807, 2.05) is 18.2 Å². The van der Waals surface area contributed by atoms with Crippen LogP contribution in [-0.2, 0) is 22.5 Å². The number of esters is 1. The summed E-state index contributed by atoms with van der Waals surface area (Å²) in [5, 5.41) is 11.4. The van der Waals surface area contributed by atoms with Gasteiger partial charge >= 0.3 is 5.97 Å². The Balaban J connectivity index is 2.01. The molecule has 0 bridgehead atoms. The number of aromatic hydroxyl groups is 1. The van der Waals surface area contributed by atoms with Gasteiger partial charge in [-0.1, -0.05) is 18.2 Å². The van der Waals surface area contributed by atoms with E-state index in [0.29, 0.717) is 17.8 Å². The van der Waals surface area contributed by atoms with Crippen LogP contribution in [-0.4, -0.2) is 27.7 Å². The fraction of sp³-hybridized carbons (Fsp3) is 0.318. The SMILES string of the molecule is COC(=O)CC(c1c(O)cc(C)[nH]c1=O)c1cc2cccc3c2n(c1=O)CCC3. The number of carbonyl (C=O) groups is 1. The first-order valence-corrected chi connectivity index (χ1v) is 9.55. The molecule has 1 aromatic carbocycles. The van der Waals surface area contributed by atoms with E-state index in [-0.39, 0.29) is 23.3 Å². The van der Waals surface area contributed by atoms with Crippen LogP contribution in [0.3, 0.4) is 0 Å². The summed E-state index contributed by atoms with van der Waals surface area (Å²) >= 11 is 0. The number of H-pyrrole nitrogens is 1. The maximum Gasteiger partial charge on any atom is 0.306 e. The van der Waals surface area contributed by atoms with E-state index in [4.69, 9.17) is 4.74 Å². The largest absolute Gasteiger partial charge is 0.507 e. The van der Waals surface area contributed by atoms with Crippen LogP contribution in [0.25, 0.3) is 10.9 Å². The minimum Gasteiger partial charge on any atom is -0.507 e. The topological polar surface area (TPSA) is 101 Å². The molecule has 1 unspecified atom stereocenters. The lowest BCUT2D eigenvalue weighted by Gasteiger charge is -2.23. The lowest BCUT2D eigenvalue weighted by atomic mass is 9.87. The van der Waals surface area contributed by atoms with Gasteiger partial charge in [-0.3, -0.25) is 14.4 Å². The van der Waals surface area contributed by atoms with Gasteiger partial charge in [-0.2, -0.15) is 0 Å². The number of rotatable bonds is 4. The van der Waals surface area contributed by atoms with Crippen molar-refractivity contribution in [1.29, 1.82) is 0 Å². The van der Waals surface area contributed by atoms with E-state index in [9.17, 15) is 19.5 Å². The van der Waals surface area contributed by atoms with Crippen molar-refractivity contribution in [3.63, 3.8) is 0 Å². The smallest absolute Gasteiger partial charge is 0.306 e. The number of hydrogen-bond acceptors (Lipinski definition) is 5. The first-order valence-electron chi connectivity index (χ1n) is 9.55. The van der Waals surface area contributed by atoms with Crippen LogP contribution in [0.4, 0.5) is 0 Å². The zero-order valence-electron chi connectivity index (χ0n) is 16.3. The Hall–Kier alpha value is -3.35. The molecule has 0 radical (unpaired) electrons. The van der Waals surface area contributed by atoms with Gasteiger partial charge in [0.25, 0.3) is 11.1 Å². The molecule has 1 aliphatic heterocycles. The van der Waals surface area contributed by atoms with Crippen LogP contribution in [0.1, 0.15) is 41.1 Å². The number of aromatic nitrogens is 2. The van der Waals surface area contributed by atoms with Crippen molar-refractivity contribution >= 4 is 16.9 Å². The molecule has 1 aliphatic rings. The Morgan fingerprint density at radius 2 is 2.10 bits per heavy atom. The summed E-state index contributed by atoms with van der Waals surface area (Å²) in [6.45, 7) is 2.22. The molecule has 3 aromatic rings. The first kappa shape index (κ1) is 19.0. The van der Waals surface area contributed by atoms with Crippen molar-refractivity contribution in [2.45, 2.75) is 38.6 Å². The van der Waals surface area contributed by atoms with Crippen LogP contribution >= 0.6 is 0 Å². The van der Waals surface area contributed by atoms with Crippen LogP contribution < -0.4 is 11.1 Å². The van der Waals surface area contributed by atoms with Gasteiger partial charge in [0.05, 0.1) is 24.6 Å². The third-order valence-electron chi connectivity index (χ3n) is 5.56. The average molecular weight is 394 g/mol. The highest BCUT2D eigenvalue weighted by Gasteiger charge is 2.29. The number of nitrogens with zero attached hydrogens (tertiary/aromatic N) is 1. The van der Waals surface area contributed by atoms with Gasteiger partial charge in [0.1, 0.15) is 5.75 Å². The molecule has 0 saturated heterocycles. The summed E-state index contributed by atoms with van der Waals surface area (Å²) in [6, 6.07) is 9.02. The van der Waals surface area contributed by atoms with E-state index in [1.54, 1.807) is 17.6 Å². The van der Waals surface area contributed by atoms with E-state index in [2.05, 4.69) is 4.98 Å². The Bertz CT molecular complexity index is 1240. The van der Waals surface area contributed by atoms with E-state index in [0.717, 1.165) is 29.3 Å². The summed E-state index contributed by atoms with van der Waals surface area (Å²) in [6.07, 6.45) is 1.52. The highest BCUT2D eigenvalue weighted by Crippen LogP contribution is 2.33. The van der Waals surface area contributed by atoms with Crippen molar-refractivity contribution in [2.75, 3.05) is 7.11 Å². The van der Waals surface area contributed by atoms with Crippen LogP contribution in [0.15, 0.2) is 39.9 Å². The molecule has 3 heterocycles. The fourth-order valence-electron chi connectivity index (χ4n) is 4.27. The molecule has 7 nitrogen and oxygen atoms in total. The molecule has 0 aliphatic carbocycles. The molecule has 150 valence electrons. The van der Waals surface area contributed by atoms with Gasteiger partial charge in [0, 0.05) is 23.7 Å². The van der Waals surface area contributed by atoms with Gasteiger partial charge < -0.3 is 19.4 Å². The second kappa shape index (κ2) is 7.24. The molecule has 2 N–H and O–H groups in total. The standard InChI is InChI=1S/C22H22N2O5/c1-12-9-17(25)19(21(27)23-12)15(11-18(26)29-2)16-10-14-6-3-5-13-7-4-8-24(20(13)14)22(16)28/h3,5-6,9-10,15H,4,7-8,11H2,1-2H3,(H2,23,25,27). The van der Waals surface area contributed by atoms with Crippen LogP contribution in [0.2, 0.25) is 0 Å². The lowest BCUT2D eigenvalue weighted by molar-refractivity contribution is -0.140. The van der Waals surface area contributed by atoms with Crippen molar-refractivity contribution in [2.24, 2.45) is 0 Å². The summed E-state index contributed by atoms with van der Waals surface area (Å²) in [4.78, 5) is 40.8. The molecule has 1 atom stereocenters. The van der Waals surface area contributed by atoms with Gasteiger partial charge in [0.15, 0.2) is 0 Å². The summed E-state index contributed by atoms with van der Waals surface area (Å²) < 4.78 is 6.52. The maximum atomic E-state index is 13.4. The number of ether oxygens (including phenoxy) is 1. The van der Waals surface area contributed by atoms with Gasteiger partial charge in [-0.15, -0.1) is 0 Å². The number of para-hydroxylation sites is 1. The zero-order chi connectivity index (χ0) is 20.7. The number of carbonyl (C=O) groups excluding carboxylic acids is 1. The number of hydrogen-bond donors (Lipinski definition) is 2. The number of nitrogens with one attached hydrogen (secondary N) is 1. The molecule has 0 saturated carbocycles. The molecular weight excluding hydrogens is 372 g/mol. The van der Waals surface area contributed by atoms with Crippen LogP contribution in [0, 0.1) is 6.92 Å². The molecule has 0 fully saturated rings. The Labute approximate surface area is 166 Å². The first-order chi connectivity index (χ1) is 13.9. The van der Waals surface area contributed by atoms with E-state index in [1.165, 1.54) is 13.2 Å². The van der Waals surface area contributed by atoms with Crippen LogP contribution in [0.5, 0.6) is 5.75 Å². The Morgan fingerprint density at radius 3 is 2.83 bits per heavy atom. The highest BCUT2D eigenvalue weighted by atomic mass is 16.5. The minimum absolute atomic E-state index is 0.00258. The summed E-state index contributed by atoms with van der Waals surface area (Å²) in [5.74, 6) is -1.73. The Kier molecular flexibility index (Phi) is 4.74. The van der Waals surface area contributed by atoms with E-state index >= 15 is 0 Å². The molecule has 7 heteroatoms. The number of aromatic amines is 1. The minimum atomic E-state index is -0.918. The Morgan fingerprint density at radius 1 is 1.31 bits per heavy atom. The van der Waals surface area contributed by atoms with E-state index < -0.39 is 17.4 Å². The van der Waals surface area contributed by atoms with Crippen molar-refractivity contribution in [3.05, 3.63) is 73.4 Å². The second-order valence-electron chi connectivity index (χ2n) is 7.43. The van der Waals surface area contributed by atoms with Gasteiger partial charge in [-0.25, -0.2) is 0 Å². The second-order valence-corrected chi connectivity index (χ2v) is 7.43. The predicted molar refractivity (Wildman–Crippen MR) is 108 cm³/mol. The third-order valence-corrected chi connectivity index (χ3v) is 5.56. The van der Waals surface area contributed by atoms with Gasteiger partial charge in [-0.05, 0) is 42.8 Å². The summed E-state index contributed by atoms with van der Waals surface area (Å²) in [7, 11) is 1.25. The van der Waals surface area contributed by atoms with Crippen molar-refractivity contribution < 1.29 is 14.6 Å². The summed E-state index contributed by atoms with van der Waals surface area (Å²) in [5.41, 5.74) is 2.01. The quantitative estimate of drug-likeness (QED) is 0.662. The molecule has 29 heavy (non-hydrogen) atoms. The monoisotopic (exact) mass is 394 g/mol. The number of methoxy groups -OCH3 is 1. The van der Waals surface area contributed by atoms with Crippen molar-refractivity contribution in [1.82, 2.24) is 9.55 Å². The molecule has 4 rings (SSSR count). The fourth-order valence-corrected chi connectivity index (χ4v) is 4.27. The molecule has 0 spiro atoms. The number of aryl methyl sites for hydroxylation is 3. The third kappa shape index (κ3) is 3.22. The predicted octanol–water partition coefficient (Wildman–Crippen LogP) is 2.35. The number of benzene rings is 1.